The van der Waals surface area contributed by atoms with E-state index in [0.717, 1.165) is 32.5 Å². The van der Waals surface area contributed by atoms with E-state index in [4.69, 9.17) is 10.5 Å². The van der Waals surface area contributed by atoms with Gasteiger partial charge in [-0.15, -0.1) is 0 Å². The standard InChI is InChI=1S/C14H29N3O3S/c1-12(2)13-10-14(11-15,4-9-20-13)16-5-7-17(8-6-16)21(3,18)19/h12-13H,4-11,15H2,1-3H3. The fourth-order valence-corrected chi connectivity index (χ4v) is 4.29. The normalized spacial score (nSPS) is 33.5. The van der Waals surface area contributed by atoms with Crippen LogP contribution >= 0.6 is 0 Å². The molecule has 0 aromatic rings. The molecule has 0 bridgehead atoms. The Kier molecular flexibility index (Phi) is 5.31. The second-order valence-electron chi connectivity index (χ2n) is 6.68. The first-order valence-electron chi connectivity index (χ1n) is 7.80. The molecule has 2 N–H and O–H groups in total. The van der Waals surface area contributed by atoms with E-state index in [1.165, 1.54) is 6.26 Å². The van der Waals surface area contributed by atoms with Crippen LogP contribution in [0.25, 0.3) is 0 Å². The molecule has 2 heterocycles. The number of nitrogens with two attached hydrogens (primary N) is 1. The van der Waals surface area contributed by atoms with E-state index in [0.29, 0.717) is 25.6 Å². The van der Waals surface area contributed by atoms with Crippen molar-refractivity contribution in [3.63, 3.8) is 0 Å². The molecule has 2 rings (SSSR count). The summed E-state index contributed by atoms with van der Waals surface area (Å²) in [6.07, 6.45) is 3.41. The van der Waals surface area contributed by atoms with E-state index in [1.54, 1.807) is 4.31 Å². The highest BCUT2D eigenvalue weighted by Gasteiger charge is 2.43. The summed E-state index contributed by atoms with van der Waals surface area (Å²) in [4.78, 5) is 2.40. The molecule has 0 spiro atoms. The van der Waals surface area contributed by atoms with Gasteiger partial charge in [-0.1, -0.05) is 13.8 Å². The molecule has 124 valence electrons. The minimum Gasteiger partial charge on any atom is -0.378 e. The summed E-state index contributed by atoms with van der Waals surface area (Å²) >= 11 is 0. The number of hydrogen-bond donors (Lipinski definition) is 1. The highest BCUT2D eigenvalue weighted by atomic mass is 32.2. The Labute approximate surface area is 128 Å². The Hall–Kier alpha value is -0.210. The number of nitrogens with zero attached hydrogens (tertiary/aromatic N) is 2. The van der Waals surface area contributed by atoms with Gasteiger partial charge >= 0.3 is 0 Å². The second-order valence-corrected chi connectivity index (χ2v) is 8.67. The molecule has 21 heavy (non-hydrogen) atoms. The first-order chi connectivity index (χ1) is 9.78. The maximum atomic E-state index is 11.6. The van der Waals surface area contributed by atoms with Crippen molar-refractivity contribution < 1.29 is 13.2 Å². The van der Waals surface area contributed by atoms with Crippen LogP contribution < -0.4 is 5.73 Å². The van der Waals surface area contributed by atoms with Gasteiger partial charge in [-0.3, -0.25) is 4.90 Å². The number of rotatable bonds is 4. The van der Waals surface area contributed by atoms with Crippen LogP contribution in [0.1, 0.15) is 26.7 Å². The van der Waals surface area contributed by atoms with E-state index in [1.807, 2.05) is 0 Å². The zero-order chi connectivity index (χ0) is 15.7. The molecule has 2 fully saturated rings. The zero-order valence-corrected chi connectivity index (χ0v) is 14.2. The molecule has 0 radical (unpaired) electrons. The van der Waals surface area contributed by atoms with Crippen molar-refractivity contribution in [3.8, 4) is 0 Å². The topological polar surface area (TPSA) is 75.9 Å². The van der Waals surface area contributed by atoms with Crippen molar-refractivity contribution >= 4 is 10.0 Å². The predicted molar refractivity (Wildman–Crippen MR) is 83.6 cm³/mol. The summed E-state index contributed by atoms with van der Waals surface area (Å²) in [5, 5.41) is 0. The van der Waals surface area contributed by atoms with Crippen LogP contribution in [0, 0.1) is 5.92 Å². The molecule has 2 aliphatic rings. The number of piperazine rings is 1. The fraction of sp³-hybridized carbons (Fsp3) is 1.00. The number of ether oxygens (including phenoxy) is 1. The van der Waals surface area contributed by atoms with E-state index < -0.39 is 10.0 Å². The zero-order valence-electron chi connectivity index (χ0n) is 13.4. The molecule has 2 atom stereocenters. The van der Waals surface area contributed by atoms with E-state index in [2.05, 4.69) is 18.7 Å². The Bertz CT molecular complexity index is 446. The average Bonchev–Trinajstić information content (AvgIpc) is 2.46. The first-order valence-corrected chi connectivity index (χ1v) is 9.65. The van der Waals surface area contributed by atoms with Gasteiger partial charge in [0.25, 0.3) is 0 Å². The molecular formula is C14H29N3O3S. The highest BCUT2D eigenvalue weighted by Crippen LogP contribution is 2.33. The molecule has 0 saturated carbocycles. The van der Waals surface area contributed by atoms with E-state index in [9.17, 15) is 8.42 Å². The summed E-state index contributed by atoms with van der Waals surface area (Å²) in [5.74, 6) is 0.480. The van der Waals surface area contributed by atoms with E-state index in [-0.39, 0.29) is 11.6 Å². The average molecular weight is 319 g/mol. The molecule has 2 aliphatic heterocycles. The van der Waals surface area contributed by atoms with E-state index >= 15 is 0 Å². The summed E-state index contributed by atoms with van der Waals surface area (Å²) in [5.41, 5.74) is 6.09. The first kappa shape index (κ1) is 17.1. The Morgan fingerprint density at radius 1 is 1.29 bits per heavy atom. The van der Waals surface area contributed by atoms with Crippen LogP contribution in [-0.4, -0.2) is 74.9 Å². The van der Waals surface area contributed by atoms with Gasteiger partial charge in [-0.05, 0) is 18.8 Å². The van der Waals surface area contributed by atoms with Crippen molar-refractivity contribution in [3.05, 3.63) is 0 Å². The lowest BCUT2D eigenvalue weighted by Gasteiger charge is -2.51. The summed E-state index contributed by atoms with van der Waals surface area (Å²) in [6.45, 7) is 8.36. The highest BCUT2D eigenvalue weighted by molar-refractivity contribution is 7.88. The monoisotopic (exact) mass is 319 g/mol. The molecule has 7 heteroatoms. The van der Waals surface area contributed by atoms with Gasteiger partial charge in [0.2, 0.25) is 10.0 Å². The third-order valence-corrected chi connectivity index (χ3v) is 6.29. The van der Waals surface area contributed by atoms with Gasteiger partial charge < -0.3 is 10.5 Å². The van der Waals surface area contributed by atoms with Crippen molar-refractivity contribution in [1.29, 1.82) is 0 Å². The van der Waals surface area contributed by atoms with Gasteiger partial charge in [-0.25, -0.2) is 8.42 Å². The van der Waals surface area contributed by atoms with Gasteiger partial charge in [0.15, 0.2) is 0 Å². The van der Waals surface area contributed by atoms with Crippen LogP contribution in [0.3, 0.4) is 0 Å². The van der Waals surface area contributed by atoms with Gasteiger partial charge in [-0.2, -0.15) is 4.31 Å². The minimum atomic E-state index is -3.08. The number of sulfonamides is 1. The fourth-order valence-electron chi connectivity index (χ4n) is 3.46. The third-order valence-electron chi connectivity index (χ3n) is 4.98. The molecule has 0 aromatic carbocycles. The van der Waals surface area contributed by atoms with Gasteiger partial charge in [0.1, 0.15) is 0 Å². The van der Waals surface area contributed by atoms with Crippen molar-refractivity contribution in [2.45, 2.75) is 38.3 Å². The molecular weight excluding hydrogens is 290 g/mol. The predicted octanol–water partition coefficient (Wildman–Crippen LogP) is 0.0961. The summed E-state index contributed by atoms with van der Waals surface area (Å²) in [7, 11) is -3.08. The van der Waals surface area contributed by atoms with Crippen molar-refractivity contribution in [2.24, 2.45) is 11.7 Å². The lowest BCUT2D eigenvalue weighted by molar-refractivity contribution is -0.0928. The molecule has 0 aliphatic carbocycles. The maximum absolute atomic E-state index is 11.6. The second kappa shape index (κ2) is 6.50. The van der Waals surface area contributed by atoms with Crippen molar-refractivity contribution in [1.82, 2.24) is 9.21 Å². The quantitative estimate of drug-likeness (QED) is 0.795. The molecule has 0 amide bonds. The lowest BCUT2D eigenvalue weighted by atomic mass is 9.81. The molecule has 0 aromatic heterocycles. The van der Waals surface area contributed by atoms with Gasteiger partial charge in [0.05, 0.1) is 12.4 Å². The van der Waals surface area contributed by atoms with Crippen LogP contribution in [0.15, 0.2) is 0 Å². The summed E-state index contributed by atoms with van der Waals surface area (Å²) < 4.78 is 30.7. The maximum Gasteiger partial charge on any atom is 0.211 e. The Morgan fingerprint density at radius 2 is 1.90 bits per heavy atom. The number of hydrogen-bond acceptors (Lipinski definition) is 5. The molecule has 6 nitrogen and oxygen atoms in total. The van der Waals surface area contributed by atoms with Crippen LogP contribution in [0.5, 0.6) is 0 Å². The lowest BCUT2D eigenvalue weighted by Crippen LogP contribution is -2.63. The Balaban J connectivity index is 2.05. The van der Waals surface area contributed by atoms with Crippen LogP contribution in [0.4, 0.5) is 0 Å². The molecule has 2 unspecified atom stereocenters. The molecule has 2 saturated heterocycles. The van der Waals surface area contributed by atoms with Crippen LogP contribution in [-0.2, 0) is 14.8 Å². The third kappa shape index (κ3) is 3.76. The van der Waals surface area contributed by atoms with Crippen molar-refractivity contribution in [2.75, 3.05) is 45.6 Å². The Morgan fingerprint density at radius 3 is 2.38 bits per heavy atom. The summed E-state index contributed by atoms with van der Waals surface area (Å²) in [6, 6.07) is 0. The smallest absolute Gasteiger partial charge is 0.211 e. The minimum absolute atomic E-state index is 0.0310. The van der Waals surface area contributed by atoms with Gasteiger partial charge in [0, 0.05) is 44.9 Å². The van der Waals surface area contributed by atoms with Crippen LogP contribution in [0.2, 0.25) is 0 Å². The SMILES string of the molecule is CC(C)C1CC(CN)(N2CCN(S(C)(=O)=O)CC2)CCO1. The largest absolute Gasteiger partial charge is 0.378 e.